The Morgan fingerprint density at radius 2 is 1.95 bits per heavy atom. The van der Waals surface area contributed by atoms with Crippen molar-refractivity contribution in [1.29, 1.82) is 0 Å². The average molecular weight is 293 g/mol. The van der Waals surface area contributed by atoms with Gasteiger partial charge in [-0.2, -0.15) is 4.68 Å². The monoisotopic (exact) mass is 293 g/mol. The van der Waals surface area contributed by atoms with Crippen LogP contribution in [0.1, 0.15) is 11.7 Å². The number of methoxy groups -OCH3 is 2. The molecule has 6 nitrogen and oxygen atoms in total. The summed E-state index contributed by atoms with van der Waals surface area (Å²) in [6.45, 7) is 1.45. The van der Waals surface area contributed by atoms with Crippen LogP contribution in [0.5, 0.6) is 11.5 Å². The predicted octanol–water partition coefficient (Wildman–Crippen LogP) is 2.34. The smallest absolute Gasteiger partial charge is 0.246 e. The minimum atomic E-state index is -0.173. The van der Waals surface area contributed by atoms with Crippen molar-refractivity contribution in [3.05, 3.63) is 18.2 Å². The number of benzene rings is 1. The number of ether oxygens (including phenoxy) is 2. The Bertz CT molecular complexity index is 640. The lowest BCUT2D eigenvalue weighted by Crippen LogP contribution is -2.08. The molecule has 0 amide bonds. The standard InChI is InChI=1S/C13H15N3O3S/c1-8(17)16-13(20-4)14-12(15-16)9-5-6-10(18-2)11(7-9)19-3/h5-7H,1-4H3. The lowest BCUT2D eigenvalue weighted by molar-refractivity contribution is 0.0909. The van der Waals surface area contributed by atoms with Crippen LogP contribution < -0.4 is 9.47 Å². The van der Waals surface area contributed by atoms with Crippen molar-refractivity contribution in [2.75, 3.05) is 20.5 Å². The highest BCUT2D eigenvalue weighted by molar-refractivity contribution is 7.98. The van der Waals surface area contributed by atoms with Crippen molar-refractivity contribution in [1.82, 2.24) is 14.8 Å². The molecule has 0 aliphatic heterocycles. The van der Waals surface area contributed by atoms with E-state index in [-0.39, 0.29) is 5.91 Å². The molecule has 0 bridgehead atoms. The van der Waals surface area contributed by atoms with Gasteiger partial charge in [0.1, 0.15) is 0 Å². The summed E-state index contributed by atoms with van der Waals surface area (Å²) in [7, 11) is 3.14. The summed E-state index contributed by atoms with van der Waals surface area (Å²) in [5.41, 5.74) is 0.762. The normalized spacial score (nSPS) is 10.4. The van der Waals surface area contributed by atoms with E-state index in [4.69, 9.17) is 9.47 Å². The first-order chi connectivity index (χ1) is 9.60. The van der Waals surface area contributed by atoms with Crippen LogP contribution in [-0.2, 0) is 0 Å². The molecule has 0 saturated carbocycles. The highest BCUT2D eigenvalue weighted by Gasteiger charge is 2.15. The predicted molar refractivity (Wildman–Crippen MR) is 76.6 cm³/mol. The van der Waals surface area contributed by atoms with Crippen LogP contribution in [0.4, 0.5) is 0 Å². The minimum Gasteiger partial charge on any atom is -0.493 e. The topological polar surface area (TPSA) is 66.2 Å². The zero-order chi connectivity index (χ0) is 14.7. The van der Waals surface area contributed by atoms with E-state index in [1.165, 1.54) is 23.4 Å². The first kappa shape index (κ1) is 14.4. The van der Waals surface area contributed by atoms with Crippen LogP contribution in [0.3, 0.4) is 0 Å². The van der Waals surface area contributed by atoms with Gasteiger partial charge in [0.05, 0.1) is 14.2 Å². The zero-order valence-corrected chi connectivity index (χ0v) is 12.5. The van der Waals surface area contributed by atoms with Gasteiger partial charge in [-0.05, 0) is 24.5 Å². The van der Waals surface area contributed by atoms with E-state index in [2.05, 4.69) is 10.1 Å². The summed E-state index contributed by atoms with van der Waals surface area (Å²) in [6.07, 6.45) is 1.85. The fraction of sp³-hybridized carbons (Fsp3) is 0.308. The molecule has 0 aliphatic carbocycles. The van der Waals surface area contributed by atoms with E-state index in [1.54, 1.807) is 26.4 Å². The molecule has 0 aliphatic rings. The van der Waals surface area contributed by atoms with Crippen LogP contribution in [0.25, 0.3) is 11.4 Å². The lowest BCUT2D eigenvalue weighted by atomic mass is 10.2. The molecular formula is C13H15N3O3S. The van der Waals surface area contributed by atoms with E-state index in [0.29, 0.717) is 22.5 Å². The number of carbonyl (C=O) groups is 1. The molecule has 1 aromatic heterocycles. The number of rotatable bonds is 4. The third-order valence-corrected chi connectivity index (χ3v) is 3.33. The molecule has 0 radical (unpaired) electrons. The van der Waals surface area contributed by atoms with Crippen molar-refractivity contribution in [3.8, 4) is 22.9 Å². The van der Waals surface area contributed by atoms with Gasteiger partial charge in [-0.1, -0.05) is 11.8 Å². The summed E-state index contributed by atoms with van der Waals surface area (Å²) in [5, 5.41) is 4.78. The van der Waals surface area contributed by atoms with Gasteiger partial charge < -0.3 is 9.47 Å². The maximum Gasteiger partial charge on any atom is 0.246 e. The average Bonchev–Trinajstić information content (AvgIpc) is 2.91. The fourth-order valence-corrected chi connectivity index (χ4v) is 2.25. The van der Waals surface area contributed by atoms with Crippen LogP contribution in [0.2, 0.25) is 0 Å². The molecule has 1 heterocycles. The van der Waals surface area contributed by atoms with Crippen molar-refractivity contribution in [2.24, 2.45) is 0 Å². The largest absolute Gasteiger partial charge is 0.493 e. The van der Waals surface area contributed by atoms with E-state index in [0.717, 1.165) is 5.56 Å². The Hall–Kier alpha value is -2.02. The second-order valence-electron chi connectivity index (χ2n) is 3.92. The zero-order valence-electron chi connectivity index (χ0n) is 11.7. The van der Waals surface area contributed by atoms with E-state index in [1.807, 2.05) is 12.3 Å². The van der Waals surface area contributed by atoms with Gasteiger partial charge in [-0.25, -0.2) is 4.98 Å². The summed E-state index contributed by atoms with van der Waals surface area (Å²) in [5.74, 6) is 1.53. The van der Waals surface area contributed by atoms with Crippen LogP contribution in [0.15, 0.2) is 23.4 Å². The number of hydrogen-bond donors (Lipinski definition) is 0. The SMILES string of the molecule is COc1ccc(-c2nc(SC)n(C(C)=O)n2)cc1OC. The van der Waals surface area contributed by atoms with Gasteiger partial charge in [0.15, 0.2) is 22.5 Å². The van der Waals surface area contributed by atoms with Crippen LogP contribution >= 0.6 is 11.8 Å². The Morgan fingerprint density at radius 1 is 1.25 bits per heavy atom. The van der Waals surface area contributed by atoms with Gasteiger partial charge in [-0.15, -0.1) is 5.10 Å². The molecule has 0 spiro atoms. The summed E-state index contributed by atoms with van der Waals surface area (Å²) in [4.78, 5) is 15.8. The first-order valence-corrected chi connectivity index (χ1v) is 7.07. The lowest BCUT2D eigenvalue weighted by Gasteiger charge is -2.07. The van der Waals surface area contributed by atoms with Crippen molar-refractivity contribution < 1.29 is 14.3 Å². The molecule has 2 aromatic rings. The Morgan fingerprint density at radius 3 is 2.45 bits per heavy atom. The molecule has 106 valence electrons. The summed E-state index contributed by atoms with van der Waals surface area (Å²) >= 11 is 1.37. The molecule has 20 heavy (non-hydrogen) atoms. The molecule has 0 saturated heterocycles. The first-order valence-electron chi connectivity index (χ1n) is 5.85. The highest BCUT2D eigenvalue weighted by Crippen LogP contribution is 2.31. The van der Waals surface area contributed by atoms with Gasteiger partial charge in [0.2, 0.25) is 5.91 Å². The van der Waals surface area contributed by atoms with E-state index >= 15 is 0 Å². The second-order valence-corrected chi connectivity index (χ2v) is 4.70. The minimum absolute atomic E-state index is 0.173. The fourth-order valence-electron chi connectivity index (χ4n) is 1.73. The number of thioether (sulfide) groups is 1. The maximum absolute atomic E-state index is 11.5. The third-order valence-electron chi connectivity index (χ3n) is 2.70. The number of nitrogens with zero attached hydrogens (tertiary/aromatic N) is 3. The molecule has 0 fully saturated rings. The number of hydrogen-bond acceptors (Lipinski definition) is 6. The van der Waals surface area contributed by atoms with E-state index < -0.39 is 0 Å². The Balaban J connectivity index is 2.48. The van der Waals surface area contributed by atoms with Gasteiger partial charge in [0, 0.05) is 12.5 Å². The molecule has 0 N–H and O–H groups in total. The van der Waals surface area contributed by atoms with Gasteiger partial charge in [0.25, 0.3) is 0 Å². The Labute approximate surface area is 121 Å². The molecule has 0 unspecified atom stereocenters. The van der Waals surface area contributed by atoms with Gasteiger partial charge in [-0.3, -0.25) is 4.79 Å². The maximum atomic E-state index is 11.5. The van der Waals surface area contributed by atoms with Crippen LogP contribution in [-0.4, -0.2) is 41.1 Å². The van der Waals surface area contributed by atoms with Crippen molar-refractivity contribution in [2.45, 2.75) is 12.1 Å². The highest BCUT2D eigenvalue weighted by atomic mass is 32.2. The van der Waals surface area contributed by atoms with Crippen LogP contribution in [0, 0.1) is 0 Å². The van der Waals surface area contributed by atoms with E-state index in [9.17, 15) is 4.79 Å². The Kier molecular flexibility index (Phi) is 4.29. The molecule has 0 atom stereocenters. The van der Waals surface area contributed by atoms with Gasteiger partial charge >= 0.3 is 0 Å². The van der Waals surface area contributed by atoms with Crippen molar-refractivity contribution in [3.63, 3.8) is 0 Å². The summed E-state index contributed by atoms with van der Waals surface area (Å²) < 4.78 is 11.7. The van der Waals surface area contributed by atoms with Crippen molar-refractivity contribution >= 4 is 17.7 Å². The number of aromatic nitrogens is 3. The number of carbonyl (C=O) groups excluding carboxylic acids is 1. The third kappa shape index (κ3) is 2.62. The second kappa shape index (κ2) is 5.96. The summed E-state index contributed by atoms with van der Waals surface area (Å²) in [6, 6.07) is 5.38. The quantitative estimate of drug-likeness (QED) is 0.806. The molecule has 1 aromatic carbocycles. The molecule has 2 rings (SSSR count). The molecular weight excluding hydrogens is 278 g/mol. The molecule has 7 heteroatoms.